The van der Waals surface area contributed by atoms with Gasteiger partial charge < -0.3 is 19.5 Å². The predicted octanol–water partition coefficient (Wildman–Crippen LogP) is 2.61. The number of hydrogen-bond acceptors (Lipinski definition) is 4. The largest absolute Gasteiger partial charge is 0.508 e. The van der Waals surface area contributed by atoms with Crippen molar-refractivity contribution in [2.75, 3.05) is 26.2 Å². The van der Waals surface area contributed by atoms with Gasteiger partial charge in [0.15, 0.2) is 0 Å². The summed E-state index contributed by atoms with van der Waals surface area (Å²) >= 11 is 0. The van der Waals surface area contributed by atoms with E-state index in [-0.39, 0.29) is 18.1 Å². The van der Waals surface area contributed by atoms with Crippen molar-refractivity contribution in [3.05, 3.63) is 48.0 Å². The van der Waals surface area contributed by atoms with Gasteiger partial charge in [-0.15, -0.1) is 0 Å². The number of likely N-dealkylation sites (N-methyl/N-ethyl adjacent to an activating group) is 1. The summed E-state index contributed by atoms with van der Waals surface area (Å²) in [6, 6.07) is 11.9. The van der Waals surface area contributed by atoms with Crippen molar-refractivity contribution in [1.29, 1.82) is 0 Å². The average molecular weight is 301 g/mol. The van der Waals surface area contributed by atoms with Crippen LogP contribution in [0.5, 0.6) is 17.2 Å². The third-order valence-corrected chi connectivity index (χ3v) is 3.41. The van der Waals surface area contributed by atoms with E-state index in [1.165, 1.54) is 0 Å². The Bertz CT molecular complexity index is 652. The highest BCUT2D eigenvalue weighted by Gasteiger charge is 2.16. The minimum absolute atomic E-state index is 0.0749. The summed E-state index contributed by atoms with van der Waals surface area (Å²) < 4.78 is 10.5. The average Bonchev–Trinajstić information content (AvgIpc) is 2.55. The van der Waals surface area contributed by atoms with Gasteiger partial charge in [0.25, 0.3) is 0 Å². The molecule has 5 nitrogen and oxygen atoms in total. The van der Waals surface area contributed by atoms with Crippen molar-refractivity contribution in [1.82, 2.24) is 0 Å². The second kappa shape index (κ2) is 6.85. The van der Waals surface area contributed by atoms with Crippen LogP contribution in [-0.2, 0) is 11.2 Å². The number of phenols is 1. The maximum absolute atomic E-state index is 12.4. The zero-order valence-electron chi connectivity index (χ0n) is 12.9. The Morgan fingerprint density at radius 2 is 1.77 bits per heavy atom. The number of rotatable bonds is 5. The molecule has 0 saturated carbocycles. The van der Waals surface area contributed by atoms with E-state index in [4.69, 9.17) is 9.47 Å². The maximum atomic E-state index is 12.4. The Hall–Kier alpha value is -2.69. The van der Waals surface area contributed by atoms with Crippen LogP contribution in [0.2, 0.25) is 0 Å². The molecule has 116 valence electrons. The SMILES string of the molecule is COc1ccc(N(C)C(=O)Cc2ccc(O)cc2)c(OC)c1. The van der Waals surface area contributed by atoms with Gasteiger partial charge in [0.05, 0.1) is 26.3 Å². The highest BCUT2D eigenvalue weighted by Crippen LogP contribution is 2.31. The summed E-state index contributed by atoms with van der Waals surface area (Å²) in [5.74, 6) is 1.34. The first-order chi connectivity index (χ1) is 10.5. The molecular weight excluding hydrogens is 282 g/mol. The van der Waals surface area contributed by atoms with Crippen LogP contribution in [0.3, 0.4) is 0 Å². The molecule has 0 fully saturated rings. The van der Waals surface area contributed by atoms with Crippen molar-refractivity contribution in [3.63, 3.8) is 0 Å². The fourth-order valence-corrected chi connectivity index (χ4v) is 2.10. The van der Waals surface area contributed by atoms with Crippen LogP contribution in [0.25, 0.3) is 0 Å². The lowest BCUT2D eigenvalue weighted by Crippen LogP contribution is -2.28. The fourth-order valence-electron chi connectivity index (χ4n) is 2.10. The molecule has 22 heavy (non-hydrogen) atoms. The quantitative estimate of drug-likeness (QED) is 0.922. The van der Waals surface area contributed by atoms with Gasteiger partial charge >= 0.3 is 0 Å². The zero-order chi connectivity index (χ0) is 16.1. The van der Waals surface area contributed by atoms with Crippen molar-refractivity contribution >= 4 is 11.6 Å². The van der Waals surface area contributed by atoms with Gasteiger partial charge in [0.2, 0.25) is 5.91 Å². The van der Waals surface area contributed by atoms with Crippen LogP contribution in [0.1, 0.15) is 5.56 Å². The molecule has 0 aliphatic carbocycles. The van der Waals surface area contributed by atoms with E-state index in [1.807, 2.05) is 0 Å². The smallest absolute Gasteiger partial charge is 0.231 e. The summed E-state index contributed by atoms with van der Waals surface area (Å²) in [5.41, 5.74) is 1.51. The monoisotopic (exact) mass is 301 g/mol. The van der Waals surface area contributed by atoms with Crippen LogP contribution in [0.15, 0.2) is 42.5 Å². The number of benzene rings is 2. The van der Waals surface area contributed by atoms with Crippen LogP contribution >= 0.6 is 0 Å². The number of hydrogen-bond donors (Lipinski definition) is 1. The molecule has 0 bridgehead atoms. The Kier molecular flexibility index (Phi) is 4.88. The van der Waals surface area contributed by atoms with E-state index in [0.29, 0.717) is 17.2 Å². The highest BCUT2D eigenvalue weighted by atomic mass is 16.5. The Morgan fingerprint density at radius 1 is 1.09 bits per heavy atom. The molecule has 2 aromatic rings. The van der Waals surface area contributed by atoms with Gasteiger partial charge in [0.1, 0.15) is 17.2 Å². The lowest BCUT2D eigenvalue weighted by atomic mass is 10.1. The minimum Gasteiger partial charge on any atom is -0.508 e. The van der Waals surface area contributed by atoms with E-state index in [2.05, 4.69) is 0 Å². The number of methoxy groups -OCH3 is 2. The third kappa shape index (κ3) is 3.49. The zero-order valence-corrected chi connectivity index (χ0v) is 12.9. The van der Waals surface area contributed by atoms with E-state index in [1.54, 1.807) is 68.6 Å². The highest BCUT2D eigenvalue weighted by molar-refractivity contribution is 5.95. The molecule has 0 spiro atoms. The summed E-state index contributed by atoms with van der Waals surface area (Å²) in [6.45, 7) is 0. The molecule has 0 heterocycles. The van der Waals surface area contributed by atoms with Crippen molar-refractivity contribution in [2.24, 2.45) is 0 Å². The van der Waals surface area contributed by atoms with Crippen molar-refractivity contribution in [3.8, 4) is 17.2 Å². The number of aromatic hydroxyl groups is 1. The summed E-state index contributed by atoms with van der Waals surface area (Å²) in [4.78, 5) is 13.9. The van der Waals surface area contributed by atoms with Crippen LogP contribution in [0, 0.1) is 0 Å². The molecule has 0 atom stereocenters. The van der Waals surface area contributed by atoms with Crippen LogP contribution < -0.4 is 14.4 Å². The lowest BCUT2D eigenvalue weighted by molar-refractivity contribution is -0.117. The number of carbonyl (C=O) groups is 1. The van der Waals surface area contributed by atoms with E-state index < -0.39 is 0 Å². The number of ether oxygens (including phenoxy) is 2. The van der Waals surface area contributed by atoms with Gasteiger partial charge in [0, 0.05) is 13.1 Å². The standard InChI is InChI=1S/C17H19NO4/c1-18(15-9-8-14(21-2)11-16(15)22-3)17(20)10-12-4-6-13(19)7-5-12/h4-9,11,19H,10H2,1-3H3. The van der Waals surface area contributed by atoms with Crippen LogP contribution in [-0.4, -0.2) is 32.3 Å². The van der Waals surface area contributed by atoms with Gasteiger partial charge in [-0.05, 0) is 29.8 Å². The topological polar surface area (TPSA) is 59.0 Å². The van der Waals surface area contributed by atoms with E-state index >= 15 is 0 Å². The first kappa shape index (κ1) is 15.7. The van der Waals surface area contributed by atoms with E-state index in [0.717, 1.165) is 5.56 Å². The van der Waals surface area contributed by atoms with Crippen molar-refractivity contribution in [2.45, 2.75) is 6.42 Å². The second-order valence-electron chi connectivity index (χ2n) is 4.83. The molecule has 1 N–H and O–H groups in total. The summed E-state index contributed by atoms with van der Waals surface area (Å²) in [7, 11) is 4.83. The Labute approximate surface area is 129 Å². The molecular formula is C17H19NO4. The number of carbonyl (C=O) groups excluding carboxylic acids is 1. The lowest BCUT2D eigenvalue weighted by Gasteiger charge is -2.20. The molecule has 2 rings (SSSR count). The number of nitrogens with zero attached hydrogens (tertiary/aromatic N) is 1. The molecule has 1 amide bonds. The normalized spacial score (nSPS) is 10.1. The summed E-state index contributed by atoms with van der Waals surface area (Å²) in [6.07, 6.45) is 0.242. The van der Waals surface area contributed by atoms with Gasteiger partial charge in [-0.1, -0.05) is 12.1 Å². The first-order valence-corrected chi connectivity index (χ1v) is 6.81. The summed E-state index contributed by atoms with van der Waals surface area (Å²) in [5, 5.41) is 9.27. The number of phenolic OH excluding ortho intramolecular Hbond substituents is 1. The predicted molar refractivity (Wildman–Crippen MR) is 84.8 cm³/mol. The molecule has 0 unspecified atom stereocenters. The van der Waals surface area contributed by atoms with Gasteiger partial charge in [-0.2, -0.15) is 0 Å². The first-order valence-electron chi connectivity index (χ1n) is 6.81. The van der Waals surface area contributed by atoms with Crippen molar-refractivity contribution < 1.29 is 19.4 Å². The molecule has 0 aromatic heterocycles. The minimum atomic E-state index is -0.0749. The second-order valence-corrected chi connectivity index (χ2v) is 4.83. The van der Waals surface area contributed by atoms with Gasteiger partial charge in [-0.3, -0.25) is 4.79 Å². The van der Waals surface area contributed by atoms with Gasteiger partial charge in [-0.25, -0.2) is 0 Å². The number of anilines is 1. The molecule has 0 aliphatic heterocycles. The van der Waals surface area contributed by atoms with E-state index in [9.17, 15) is 9.90 Å². The van der Waals surface area contributed by atoms with Crippen LogP contribution in [0.4, 0.5) is 5.69 Å². The third-order valence-electron chi connectivity index (χ3n) is 3.41. The molecule has 2 aromatic carbocycles. The maximum Gasteiger partial charge on any atom is 0.231 e. The molecule has 0 aliphatic rings. The Balaban J connectivity index is 2.18. The Morgan fingerprint density at radius 3 is 2.36 bits per heavy atom. The molecule has 5 heteroatoms. The molecule has 0 saturated heterocycles. The fraction of sp³-hybridized carbons (Fsp3) is 0.235. The molecule has 0 radical (unpaired) electrons. The number of amides is 1.